The molecule has 16 heavy (non-hydrogen) atoms. The van der Waals surface area contributed by atoms with Crippen molar-refractivity contribution in [3.63, 3.8) is 0 Å². The largest absolute Gasteiger partial charge is 0.278 e. The molecular formula is C14H18N2. The minimum absolute atomic E-state index is 1.01. The molecule has 1 aromatic heterocycles. The van der Waals surface area contributed by atoms with Crippen molar-refractivity contribution >= 4 is 0 Å². The zero-order valence-electron chi connectivity index (χ0n) is 10.4. The second-order valence-corrected chi connectivity index (χ2v) is 4.36. The highest BCUT2D eigenvalue weighted by Crippen LogP contribution is 2.26. The van der Waals surface area contributed by atoms with Gasteiger partial charge in [-0.3, -0.25) is 5.10 Å². The summed E-state index contributed by atoms with van der Waals surface area (Å²) < 4.78 is 0. The molecule has 1 N–H and O–H groups in total. The highest BCUT2D eigenvalue weighted by atomic mass is 15.1. The maximum absolute atomic E-state index is 4.13. The van der Waals surface area contributed by atoms with E-state index in [4.69, 9.17) is 0 Å². The van der Waals surface area contributed by atoms with Gasteiger partial charge in [0, 0.05) is 5.56 Å². The Morgan fingerprint density at radius 2 is 1.75 bits per heavy atom. The number of nitrogens with one attached hydrogen (secondary N) is 1. The number of aromatic nitrogens is 2. The first-order valence-electron chi connectivity index (χ1n) is 5.74. The van der Waals surface area contributed by atoms with E-state index in [2.05, 4.69) is 50.0 Å². The molecule has 84 valence electrons. The minimum Gasteiger partial charge on any atom is -0.278 e. The molecular weight excluding hydrogens is 196 g/mol. The number of H-pyrrole nitrogens is 1. The van der Waals surface area contributed by atoms with Gasteiger partial charge in [-0.2, -0.15) is 5.10 Å². The zero-order valence-corrected chi connectivity index (χ0v) is 10.4. The number of rotatable bonds is 2. The topological polar surface area (TPSA) is 28.7 Å². The Bertz CT molecular complexity index is 486. The lowest BCUT2D eigenvalue weighted by Gasteiger charge is -2.09. The molecule has 0 saturated heterocycles. The van der Waals surface area contributed by atoms with Crippen LogP contribution in [0.25, 0.3) is 11.3 Å². The molecule has 0 unspecified atom stereocenters. The second kappa shape index (κ2) is 4.12. The Morgan fingerprint density at radius 3 is 2.31 bits per heavy atom. The third kappa shape index (κ3) is 1.75. The first-order valence-corrected chi connectivity index (χ1v) is 5.74. The highest BCUT2D eigenvalue weighted by Gasteiger charge is 2.08. The highest BCUT2D eigenvalue weighted by molar-refractivity contribution is 5.65. The van der Waals surface area contributed by atoms with E-state index in [0.717, 1.165) is 12.1 Å². The summed E-state index contributed by atoms with van der Waals surface area (Å²) in [6.07, 6.45) is 2.93. The summed E-state index contributed by atoms with van der Waals surface area (Å²) in [6, 6.07) is 4.46. The number of aryl methyl sites for hydroxylation is 3. The van der Waals surface area contributed by atoms with Crippen LogP contribution in [-0.4, -0.2) is 10.2 Å². The van der Waals surface area contributed by atoms with Crippen molar-refractivity contribution in [2.75, 3.05) is 0 Å². The normalized spacial score (nSPS) is 10.8. The third-order valence-electron chi connectivity index (χ3n) is 3.31. The van der Waals surface area contributed by atoms with E-state index in [1.54, 1.807) is 0 Å². The average Bonchev–Trinajstić information content (AvgIpc) is 2.73. The number of hydrogen-bond donors (Lipinski definition) is 1. The Balaban J connectivity index is 2.57. The standard InChI is InChI=1S/C14H18N2/c1-5-12-8-15-16-14(12)13-6-9(2)11(4)10(3)7-13/h6-8H,5H2,1-4H3,(H,15,16). The fraction of sp³-hybridized carbons (Fsp3) is 0.357. The van der Waals surface area contributed by atoms with Crippen LogP contribution < -0.4 is 0 Å². The molecule has 2 aromatic rings. The number of aromatic amines is 1. The molecule has 2 heteroatoms. The summed E-state index contributed by atoms with van der Waals surface area (Å²) in [5, 5.41) is 7.22. The summed E-state index contributed by atoms with van der Waals surface area (Å²) in [6.45, 7) is 8.64. The Labute approximate surface area is 96.7 Å². The SMILES string of the molecule is CCc1cn[nH]c1-c1cc(C)c(C)c(C)c1. The van der Waals surface area contributed by atoms with Crippen molar-refractivity contribution < 1.29 is 0 Å². The van der Waals surface area contributed by atoms with E-state index < -0.39 is 0 Å². The van der Waals surface area contributed by atoms with Crippen molar-refractivity contribution in [3.8, 4) is 11.3 Å². The van der Waals surface area contributed by atoms with Crippen LogP contribution in [0.1, 0.15) is 29.2 Å². The molecule has 0 bridgehead atoms. The lowest BCUT2D eigenvalue weighted by molar-refractivity contribution is 1.09. The van der Waals surface area contributed by atoms with Crippen molar-refractivity contribution in [2.45, 2.75) is 34.1 Å². The molecule has 0 radical (unpaired) electrons. The van der Waals surface area contributed by atoms with E-state index in [0.29, 0.717) is 0 Å². The van der Waals surface area contributed by atoms with Crippen molar-refractivity contribution in [2.24, 2.45) is 0 Å². The first kappa shape index (κ1) is 10.9. The van der Waals surface area contributed by atoms with Gasteiger partial charge in [-0.1, -0.05) is 6.92 Å². The van der Waals surface area contributed by atoms with Gasteiger partial charge in [0.05, 0.1) is 11.9 Å². The van der Waals surface area contributed by atoms with Crippen LogP contribution in [0.5, 0.6) is 0 Å². The predicted octanol–water partition coefficient (Wildman–Crippen LogP) is 3.56. The van der Waals surface area contributed by atoms with E-state index in [1.165, 1.54) is 27.8 Å². The van der Waals surface area contributed by atoms with E-state index in [-0.39, 0.29) is 0 Å². The van der Waals surface area contributed by atoms with Crippen LogP contribution >= 0.6 is 0 Å². The van der Waals surface area contributed by atoms with E-state index >= 15 is 0 Å². The van der Waals surface area contributed by atoms with Crippen LogP contribution in [0.15, 0.2) is 18.3 Å². The lowest BCUT2D eigenvalue weighted by Crippen LogP contribution is -1.91. The van der Waals surface area contributed by atoms with Crippen LogP contribution in [0, 0.1) is 20.8 Å². The Hall–Kier alpha value is -1.57. The van der Waals surface area contributed by atoms with Gasteiger partial charge >= 0.3 is 0 Å². The molecule has 1 heterocycles. The Morgan fingerprint density at radius 1 is 1.12 bits per heavy atom. The smallest absolute Gasteiger partial charge is 0.0682 e. The molecule has 0 atom stereocenters. The number of nitrogens with zero attached hydrogens (tertiary/aromatic N) is 1. The number of hydrogen-bond acceptors (Lipinski definition) is 1. The molecule has 0 saturated carbocycles. The summed E-state index contributed by atoms with van der Waals surface area (Å²) >= 11 is 0. The maximum atomic E-state index is 4.13. The van der Waals surface area contributed by atoms with Crippen molar-refractivity contribution in [1.82, 2.24) is 10.2 Å². The zero-order chi connectivity index (χ0) is 11.7. The summed E-state index contributed by atoms with van der Waals surface area (Å²) in [5.74, 6) is 0. The predicted molar refractivity (Wildman–Crippen MR) is 67.6 cm³/mol. The average molecular weight is 214 g/mol. The summed E-state index contributed by atoms with van der Waals surface area (Å²) in [5.41, 5.74) is 7.74. The molecule has 1 aromatic carbocycles. The molecule has 0 amide bonds. The molecule has 0 fully saturated rings. The van der Waals surface area contributed by atoms with E-state index in [9.17, 15) is 0 Å². The second-order valence-electron chi connectivity index (χ2n) is 4.36. The van der Waals surface area contributed by atoms with Gasteiger partial charge in [-0.25, -0.2) is 0 Å². The fourth-order valence-corrected chi connectivity index (χ4v) is 2.01. The third-order valence-corrected chi connectivity index (χ3v) is 3.31. The van der Waals surface area contributed by atoms with Gasteiger partial charge in [-0.15, -0.1) is 0 Å². The molecule has 0 aliphatic carbocycles. The molecule has 0 aliphatic rings. The Kier molecular flexibility index (Phi) is 2.82. The lowest BCUT2D eigenvalue weighted by atomic mass is 9.97. The molecule has 2 nitrogen and oxygen atoms in total. The molecule has 0 aliphatic heterocycles. The van der Waals surface area contributed by atoms with Crippen LogP contribution in [-0.2, 0) is 6.42 Å². The maximum Gasteiger partial charge on any atom is 0.0682 e. The monoisotopic (exact) mass is 214 g/mol. The van der Waals surface area contributed by atoms with Crippen LogP contribution in [0.4, 0.5) is 0 Å². The van der Waals surface area contributed by atoms with E-state index in [1.807, 2.05) is 6.20 Å². The molecule has 0 spiro atoms. The molecule has 2 rings (SSSR count). The number of benzene rings is 1. The summed E-state index contributed by atoms with van der Waals surface area (Å²) in [4.78, 5) is 0. The minimum atomic E-state index is 1.01. The van der Waals surface area contributed by atoms with Gasteiger partial charge < -0.3 is 0 Å². The first-order chi connectivity index (χ1) is 7.63. The quantitative estimate of drug-likeness (QED) is 0.813. The van der Waals surface area contributed by atoms with Gasteiger partial charge in [0.1, 0.15) is 0 Å². The van der Waals surface area contributed by atoms with Gasteiger partial charge in [-0.05, 0) is 61.6 Å². The van der Waals surface area contributed by atoms with Gasteiger partial charge in [0.25, 0.3) is 0 Å². The van der Waals surface area contributed by atoms with Crippen LogP contribution in [0.2, 0.25) is 0 Å². The van der Waals surface area contributed by atoms with Gasteiger partial charge in [0.15, 0.2) is 0 Å². The van der Waals surface area contributed by atoms with Crippen molar-refractivity contribution in [1.29, 1.82) is 0 Å². The van der Waals surface area contributed by atoms with Crippen molar-refractivity contribution in [3.05, 3.63) is 40.6 Å². The van der Waals surface area contributed by atoms with Gasteiger partial charge in [0.2, 0.25) is 0 Å². The fourth-order valence-electron chi connectivity index (χ4n) is 2.01. The summed E-state index contributed by atoms with van der Waals surface area (Å²) in [7, 11) is 0. The van der Waals surface area contributed by atoms with Crippen LogP contribution in [0.3, 0.4) is 0 Å².